The van der Waals surface area contributed by atoms with Crippen LogP contribution in [0.4, 0.5) is 0 Å². The van der Waals surface area contributed by atoms with Crippen LogP contribution in [0.2, 0.25) is 0 Å². The smallest absolute Gasteiger partial charge is 0.0456 e. The molecule has 3 heteroatoms. The fourth-order valence-corrected chi connectivity index (χ4v) is 3.68. The lowest BCUT2D eigenvalue weighted by Crippen LogP contribution is -2.23. The zero-order valence-electron chi connectivity index (χ0n) is 11.4. The third-order valence-electron chi connectivity index (χ3n) is 3.26. The van der Waals surface area contributed by atoms with E-state index in [1.807, 2.05) is 11.3 Å². The van der Waals surface area contributed by atoms with Crippen molar-refractivity contribution in [1.82, 2.24) is 5.32 Å². The molecule has 0 bridgehead atoms. The summed E-state index contributed by atoms with van der Waals surface area (Å²) in [7, 11) is 0. The predicted octanol–water partition coefficient (Wildman–Crippen LogP) is 5.10. The van der Waals surface area contributed by atoms with Gasteiger partial charge in [0.1, 0.15) is 0 Å². The molecule has 0 spiro atoms. The van der Waals surface area contributed by atoms with Crippen LogP contribution in [0.15, 0.2) is 40.2 Å². The number of aryl methyl sites for hydroxylation is 1. The average molecular weight is 338 g/mol. The molecule has 19 heavy (non-hydrogen) atoms. The van der Waals surface area contributed by atoms with Crippen molar-refractivity contribution in [1.29, 1.82) is 0 Å². The number of halogens is 1. The van der Waals surface area contributed by atoms with Crippen LogP contribution >= 0.6 is 27.3 Å². The summed E-state index contributed by atoms with van der Waals surface area (Å²) in [6.45, 7) is 5.46. The Morgan fingerprint density at radius 2 is 2.11 bits per heavy atom. The zero-order valence-corrected chi connectivity index (χ0v) is 13.9. The summed E-state index contributed by atoms with van der Waals surface area (Å²) in [5.74, 6) is 0. The highest BCUT2D eigenvalue weighted by Gasteiger charge is 2.14. The summed E-state index contributed by atoms with van der Waals surface area (Å²) in [5.41, 5.74) is 2.81. The van der Waals surface area contributed by atoms with Crippen LogP contribution in [-0.4, -0.2) is 6.54 Å². The van der Waals surface area contributed by atoms with Gasteiger partial charge in [-0.15, -0.1) is 11.3 Å². The zero-order chi connectivity index (χ0) is 13.7. The number of hydrogen-bond acceptors (Lipinski definition) is 2. The van der Waals surface area contributed by atoms with Crippen LogP contribution < -0.4 is 5.32 Å². The van der Waals surface area contributed by atoms with Gasteiger partial charge in [0.2, 0.25) is 0 Å². The molecule has 0 saturated heterocycles. The number of benzene rings is 1. The third kappa shape index (κ3) is 4.16. The maximum Gasteiger partial charge on any atom is 0.0456 e. The van der Waals surface area contributed by atoms with E-state index >= 15 is 0 Å². The van der Waals surface area contributed by atoms with Crippen molar-refractivity contribution in [3.8, 4) is 0 Å². The lowest BCUT2D eigenvalue weighted by atomic mass is 10.00. The van der Waals surface area contributed by atoms with Crippen LogP contribution in [0.3, 0.4) is 0 Å². The maximum absolute atomic E-state index is 3.66. The van der Waals surface area contributed by atoms with Gasteiger partial charge in [-0.2, -0.15) is 0 Å². The second kappa shape index (κ2) is 7.22. The van der Waals surface area contributed by atoms with E-state index < -0.39 is 0 Å². The molecule has 102 valence electrons. The van der Waals surface area contributed by atoms with Gasteiger partial charge in [-0.25, -0.2) is 0 Å². The molecular weight excluding hydrogens is 318 g/mol. The molecule has 1 aromatic carbocycles. The molecule has 1 atom stereocenters. The molecule has 0 aliphatic heterocycles. The van der Waals surface area contributed by atoms with E-state index in [4.69, 9.17) is 0 Å². The molecular formula is C16H20BrNS. The van der Waals surface area contributed by atoms with Gasteiger partial charge >= 0.3 is 0 Å². The standard InChI is InChI=1S/C16H20BrNS/c1-3-8-18-15(16-10-14(17)11-19-16)9-13-7-5-4-6-12(13)2/h4-7,10-11,15,18H,3,8-9H2,1-2H3. The van der Waals surface area contributed by atoms with Crippen molar-refractivity contribution >= 4 is 27.3 Å². The average Bonchev–Trinajstić information content (AvgIpc) is 2.83. The molecule has 2 aromatic rings. The lowest BCUT2D eigenvalue weighted by Gasteiger charge is -2.18. The Labute approximate surface area is 128 Å². The van der Waals surface area contributed by atoms with Gasteiger partial charge in [-0.3, -0.25) is 0 Å². The summed E-state index contributed by atoms with van der Waals surface area (Å²) in [6, 6.07) is 11.3. The molecule has 1 unspecified atom stereocenters. The third-order valence-corrected chi connectivity index (χ3v) is 5.06. The first-order valence-corrected chi connectivity index (χ1v) is 8.39. The number of hydrogen-bond donors (Lipinski definition) is 1. The summed E-state index contributed by atoms with van der Waals surface area (Å²) in [6.07, 6.45) is 2.22. The molecule has 0 fully saturated rings. The van der Waals surface area contributed by atoms with E-state index in [1.54, 1.807) is 0 Å². The molecule has 1 nitrogen and oxygen atoms in total. The van der Waals surface area contributed by atoms with Crippen LogP contribution in [0.5, 0.6) is 0 Å². The van der Waals surface area contributed by atoms with Gasteiger partial charge in [0.05, 0.1) is 0 Å². The van der Waals surface area contributed by atoms with Crippen molar-refractivity contribution in [2.24, 2.45) is 0 Å². The van der Waals surface area contributed by atoms with Crippen molar-refractivity contribution in [2.75, 3.05) is 6.54 Å². The van der Waals surface area contributed by atoms with Crippen molar-refractivity contribution in [3.63, 3.8) is 0 Å². The van der Waals surface area contributed by atoms with Gasteiger partial charge < -0.3 is 5.32 Å². The Bertz CT molecular complexity index is 521. The molecule has 0 aliphatic rings. The monoisotopic (exact) mass is 337 g/mol. The maximum atomic E-state index is 3.66. The van der Waals surface area contributed by atoms with Gasteiger partial charge in [-0.05, 0) is 59.4 Å². The van der Waals surface area contributed by atoms with Gasteiger partial charge in [0.25, 0.3) is 0 Å². The first kappa shape index (κ1) is 14.8. The second-order valence-electron chi connectivity index (χ2n) is 4.80. The van der Waals surface area contributed by atoms with Crippen LogP contribution in [0, 0.1) is 6.92 Å². The Balaban J connectivity index is 2.16. The summed E-state index contributed by atoms with van der Waals surface area (Å²) >= 11 is 5.37. The summed E-state index contributed by atoms with van der Waals surface area (Å²) < 4.78 is 1.18. The highest BCUT2D eigenvalue weighted by molar-refractivity contribution is 9.10. The van der Waals surface area contributed by atoms with Crippen molar-refractivity contribution in [3.05, 3.63) is 56.2 Å². The molecule has 0 amide bonds. The molecule has 1 heterocycles. The van der Waals surface area contributed by atoms with E-state index in [0.29, 0.717) is 6.04 Å². The molecule has 1 N–H and O–H groups in total. The van der Waals surface area contributed by atoms with Gasteiger partial charge in [0.15, 0.2) is 0 Å². The molecule has 1 aromatic heterocycles. The SMILES string of the molecule is CCCNC(Cc1ccccc1C)c1cc(Br)cs1. The molecule has 0 saturated carbocycles. The minimum absolute atomic E-state index is 0.414. The second-order valence-corrected chi connectivity index (χ2v) is 6.66. The van der Waals surface area contributed by atoms with Gasteiger partial charge in [0, 0.05) is 20.8 Å². The van der Waals surface area contributed by atoms with Crippen LogP contribution in [0.25, 0.3) is 0 Å². The van der Waals surface area contributed by atoms with E-state index in [9.17, 15) is 0 Å². The van der Waals surface area contributed by atoms with Crippen molar-refractivity contribution in [2.45, 2.75) is 32.7 Å². The Morgan fingerprint density at radius 1 is 1.32 bits per heavy atom. The fourth-order valence-electron chi connectivity index (χ4n) is 2.16. The number of nitrogens with one attached hydrogen (secondary N) is 1. The van der Waals surface area contributed by atoms with E-state index in [2.05, 4.69) is 70.8 Å². The van der Waals surface area contributed by atoms with Crippen molar-refractivity contribution < 1.29 is 0 Å². The Hall–Kier alpha value is -0.640. The topological polar surface area (TPSA) is 12.0 Å². The number of thiophene rings is 1. The first-order chi connectivity index (χ1) is 9.20. The first-order valence-electron chi connectivity index (χ1n) is 6.72. The number of rotatable bonds is 6. The lowest BCUT2D eigenvalue weighted by molar-refractivity contribution is 0.535. The summed E-state index contributed by atoms with van der Waals surface area (Å²) in [4.78, 5) is 1.41. The van der Waals surface area contributed by atoms with E-state index in [0.717, 1.165) is 19.4 Å². The molecule has 2 rings (SSSR count). The normalized spacial score (nSPS) is 12.6. The van der Waals surface area contributed by atoms with Crippen LogP contribution in [0.1, 0.15) is 35.4 Å². The molecule has 0 aliphatic carbocycles. The quantitative estimate of drug-likeness (QED) is 0.772. The highest BCUT2D eigenvalue weighted by Crippen LogP contribution is 2.28. The molecule has 0 radical (unpaired) electrons. The van der Waals surface area contributed by atoms with E-state index in [-0.39, 0.29) is 0 Å². The fraction of sp³-hybridized carbons (Fsp3) is 0.375. The largest absolute Gasteiger partial charge is 0.309 e. The van der Waals surface area contributed by atoms with Gasteiger partial charge in [-0.1, -0.05) is 31.2 Å². The van der Waals surface area contributed by atoms with E-state index in [1.165, 1.54) is 20.5 Å². The summed E-state index contributed by atoms with van der Waals surface area (Å²) in [5, 5.41) is 5.82. The Kier molecular flexibility index (Phi) is 5.61. The minimum atomic E-state index is 0.414. The van der Waals surface area contributed by atoms with Crippen LogP contribution in [-0.2, 0) is 6.42 Å². The predicted molar refractivity (Wildman–Crippen MR) is 87.9 cm³/mol. The minimum Gasteiger partial charge on any atom is -0.309 e. The Morgan fingerprint density at radius 3 is 2.74 bits per heavy atom. The highest BCUT2D eigenvalue weighted by atomic mass is 79.9.